The van der Waals surface area contributed by atoms with Gasteiger partial charge in [0.2, 0.25) is 0 Å². The van der Waals surface area contributed by atoms with Crippen molar-refractivity contribution >= 4 is 52.0 Å². The van der Waals surface area contributed by atoms with Crippen LogP contribution in [-0.2, 0) is 4.79 Å². The second-order valence-electron chi connectivity index (χ2n) is 6.34. The van der Waals surface area contributed by atoms with Crippen molar-refractivity contribution in [2.45, 2.75) is 6.18 Å². The molecule has 1 heterocycles. The minimum absolute atomic E-state index is 0.0196. The highest BCUT2D eigenvalue weighted by atomic mass is 35.5. The van der Waals surface area contributed by atoms with Crippen LogP contribution in [0.4, 0.5) is 18.9 Å². The zero-order valence-corrected chi connectivity index (χ0v) is 17.5. The maximum Gasteiger partial charge on any atom is 0.434 e. The molecule has 0 aromatic heterocycles. The monoisotopic (exact) mass is 466 g/mol. The maximum atomic E-state index is 13.4. The zero-order chi connectivity index (χ0) is 22.8. The largest absolute Gasteiger partial charge is 0.434 e. The Kier molecular flexibility index (Phi) is 6.52. The van der Waals surface area contributed by atoms with Gasteiger partial charge in [-0.25, -0.2) is 4.99 Å². The molecule has 0 saturated heterocycles. The number of likely N-dealkylation sites (N-methyl/N-ethyl adjacent to an activating group) is 1. The van der Waals surface area contributed by atoms with Gasteiger partial charge in [0.05, 0.1) is 22.0 Å². The fraction of sp³-hybridized carbons (Fsp3) is 0.0952. The summed E-state index contributed by atoms with van der Waals surface area (Å²) in [5.74, 6) is -1.64. The molecule has 2 aromatic carbocycles. The van der Waals surface area contributed by atoms with Crippen LogP contribution in [0.15, 0.2) is 70.7 Å². The third kappa shape index (κ3) is 4.98. The van der Waals surface area contributed by atoms with Crippen LogP contribution in [0.3, 0.4) is 0 Å². The lowest BCUT2D eigenvalue weighted by molar-refractivity contribution is -0.117. The molecule has 0 unspecified atom stereocenters. The van der Waals surface area contributed by atoms with Gasteiger partial charge in [-0.2, -0.15) is 13.2 Å². The number of amidine groups is 1. The van der Waals surface area contributed by atoms with Crippen LogP contribution in [0.25, 0.3) is 5.70 Å². The number of rotatable bonds is 4. The van der Waals surface area contributed by atoms with Crippen molar-refractivity contribution in [1.82, 2.24) is 5.32 Å². The number of hydrogen-bond donors (Lipinski definition) is 3. The molecule has 0 fully saturated rings. The Balaban J connectivity index is 2.25. The second-order valence-corrected chi connectivity index (χ2v) is 7.19. The third-order valence-electron chi connectivity index (χ3n) is 4.30. The fourth-order valence-corrected chi connectivity index (χ4v) is 3.15. The Bertz CT molecular complexity index is 1140. The predicted molar refractivity (Wildman–Crippen MR) is 117 cm³/mol. The molecule has 0 saturated carbocycles. The minimum Gasteiger partial charge on any atom is -0.355 e. The van der Waals surface area contributed by atoms with Crippen LogP contribution in [0.1, 0.15) is 5.56 Å². The average molecular weight is 467 g/mol. The molecule has 160 valence electrons. The number of para-hydroxylation sites is 1. The number of halogens is 5. The number of carbonyl (C=O) groups excluding carboxylic acids is 1. The second kappa shape index (κ2) is 8.95. The molecule has 3 N–H and O–H groups in total. The first-order chi connectivity index (χ1) is 14.6. The van der Waals surface area contributed by atoms with Gasteiger partial charge < -0.3 is 10.6 Å². The van der Waals surface area contributed by atoms with Gasteiger partial charge in [0.25, 0.3) is 5.91 Å². The van der Waals surface area contributed by atoms with Gasteiger partial charge in [0.1, 0.15) is 0 Å². The molecule has 0 bridgehead atoms. The number of benzene rings is 2. The summed E-state index contributed by atoms with van der Waals surface area (Å²) in [6.07, 6.45) is -3.92. The van der Waals surface area contributed by atoms with E-state index in [4.69, 9.17) is 28.6 Å². The van der Waals surface area contributed by atoms with E-state index in [1.54, 1.807) is 48.5 Å². The van der Waals surface area contributed by atoms with Gasteiger partial charge in [-0.15, -0.1) is 0 Å². The molecular weight excluding hydrogens is 452 g/mol. The summed E-state index contributed by atoms with van der Waals surface area (Å²) in [5, 5.41) is 14.2. The Hall–Kier alpha value is -3.10. The van der Waals surface area contributed by atoms with Crippen molar-refractivity contribution in [2.24, 2.45) is 4.99 Å². The highest BCUT2D eigenvalue weighted by Gasteiger charge is 2.42. The van der Waals surface area contributed by atoms with Crippen molar-refractivity contribution in [3.05, 3.63) is 81.4 Å². The van der Waals surface area contributed by atoms with E-state index in [0.717, 1.165) is 6.08 Å². The molecular formula is C21H15Cl2F3N4O. The fourth-order valence-electron chi connectivity index (χ4n) is 2.84. The molecule has 1 aliphatic rings. The lowest BCUT2D eigenvalue weighted by atomic mass is 9.97. The molecule has 0 spiro atoms. The number of amides is 1. The number of anilines is 1. The molecule has 10 heteroatoms. The molecule has 31 heavy (non-hydrogen) atoms. The van der Waals surface area contributed by atoms with E-state index >= 15 is 0 Å². The zero-order valence-electron chi connectivity index (χ0n) is 15.9. The van der Waals surface area contributed by atoms with Crippen LogP contribution in [-0.4, -0.2) is 30.7 Å². The Morgan fingerprint density at radius 2 is 1.71 bits per heavy atom. The summed E-state index contributed by atoms with van der Waals surface area (Å²) in [6.45, 7) is 0. The first-order valence-corrected chi connectivity index (χ1v) is 9.58. The number of hydrogen-bond acceptors (Lipinski definition) is 3. The molecule has 1 amide bonds. The van der Waals surface area contributed by atoms with Gasteiger partial charge >= 0.3 is 6.18 Å². The molecule has 0 aliphatic carbocycles. The molecule has 0 radical (unpaired) electrons. The van der Waals surface area contributed by atoms with E-state index in [1.807, 2.05) is 0 Å². The smallest absolute Gasteiger partial charge is 0.355 e. The molecule has 0 atom stereocenters. The quantitative estimate of drug-likeness (QED) is 0.557. The van der Waals surface area contributed by atoms with Crippen molar-refractivity contribution < 1.29 is 18.0 Å². The van der Waals surface area contributed by atoms with Crippen molar-refractivity contribution in [3.63, 3.8) is 0 Å². The van der Waals surface area contributed by atoms with E-state index in [-0.39, 0.29) is 11.3 Å². The highest BCUT2D eigenvalue weighted by molar-refractivity contribution is 6.34. The van der Waals surface area contributed by atoms with Gasteiger partial charge in [-0.1, -0.05) is 47.5 Å². The van der Waals surface area contributed by atoms with E-state index in [2.05, 4.69) is 15.6 Å². The van der Waals surface area contributed by atoms with Crippen molar-refractivity contribution in [1.29, 1.82) is 5.41 Å². The molecule has 1 aliphatic heterocycles. The molecule has 3 rings (SSSR count). The number of nitrogens with one attached hydrogen (secondary N) is 3. The lowest BCUT2D eigenvalue weighted by Gasteiger charge is -2.22. The van der Waals surface area contributed by atoms with Gasteiger partial charge in [0.15, 0.2) is 11.5 Å². The number of dihydropyridines is 1. The Labute approximate surface area is 185 Å². The lowest BCUT2D eigenvalue weighted by Crippen LogP contribution is -2.36. The summed E-state index contributed by atoms with van der Waals surface area (Å²) in [6, 6.07) is 13.2. The predicted octanol–water partition coefficient (Wildman–Crippen LogP) is 5.48. The summed E-state index contributed by atoms with van der Waals surface area (Å²) < 4.78 is 40.3. The highest BCUT2D eigenvalue weighted by Crippen LogP contribution is 2.33. The van der Waals surface area contributed by atoms with E-state index in [0.29, 0.717) is 21.3 Å². The topological polar surface area (TPSA) is 77.3 Å². The van der Waals surface area contributed by atoms with Crippen LogP contribution < -0.4 is 10.6 Å². The van der Waals surface area contributed by atoms with Crippen LogP contribution >= 0.6 is 23.2 Å². The van der Waals surface area contributed by atoms with E-state index in [9.17, 15) is 18.0 Å². The first kappa shape index (κ1) is 22.6. The normalized spacial score (nSPS) is 15.7. The van der Waals surface area contributed by atoms with Gasteiger partial charge in [0, 0.05) is 17.6 Å². The van der Waals surface area contributed by atoms with Crippen LogP contribution in [0.5, 0.6) is 0 Å². The number of carbonyl (C=O) groups is 1. The number of alkyl halides is 3. The minimum atomic E-state index is -4.91. The van der Waals surface area contributed by atoms with Crippen LogP contribution in [0, 0.1) is 5.41 Å². The SMILES string of the molecule is CNC(=O)C1=C/C(=C(/Nc2ccccc2Cl)c2ccc(Cl)cc2)C(=N)N=C1C(F)(F)F. The summed E-state index contributed by atoms with van der Waals surface area (Å²) >= 11 is 12.2. The maximum absolute atomic E-state index is 13.4. The average Bonchev–Trinajstić information content (AvgIpc) is 2.73. The summed E-state index contributed by atoms with van der Waals surface area (Å²) in [4.78, 5) is 15.6. The first-order valence-electron chi connectivity index (χ1n) is 8.82. The number of nitrogens with zero attached hydrogens (tertiary/aromatic N) is 1. The van der Waals surface area contributed by atoms with E-state index < -0.39 is 29.2 Å². The van der Waals surface area contributed by atoms with Gasteiger partial charge in [-0.05, 0) is 35.9 Å². The standard InChI is InChI=1S/C21H15Cl2F3N4O/c1-28-20(31)14-10-13(19(27)30-18(14)21(24,25)26)17(11-6-8-12(22)9-7-11)29-16-5-3-2-4-15(16)23/h2-10,27,29H,1H3,(H,28,31)/b17-13-,27-19?. The summed E-state index contributed by atoms with van der Waals surface area (Å²) in [7, 11) is 1.21. The molecule has 2 aromatic rings. The number of aliphatic imine (C=N–C) groups is 1. The van der Waals surface area contributed by atoms with Gasteiger partial charge in [-0.3, -0.25) is 10.2 Å². The van der Waals surface area contributed by atoms with Crippen molar-refractivity contribution in [2.75, 3.05) is 12.4 Å². The van der Waals surface area contributed by atoms with Crippen LogP contribution in [0.2, 0.25) is 10.0 Å². The summed E-state index contributed by atoms with van der Waals surface area (Å²) in [5.41, 5.74) is -0.964. The third-order valence-corrected chi connectivity index (χ3v) is 4.88. The Morgan fingerprint density at radius 1 is 1.06 bits per heavy atom. The van der Waals surface area contributed by atoms with Crippen molar-refractivity contribution in [3.8, 4) is 0 Å². The molecule has 5 nitrogen and oxygen atoms in total. The van der Waals surface area contributed by atoms with E-state index in [1.165, 1.54) is 7.05 Å². The Morgan fingerprint density at radius 3 is 2.29 bits per heavy atom.